The number of para-hydroxylation sites is 1. The van der Waals surface area contributed by atoms with Crippen molar-refractivity contribution in [1.29, 1.82) is 0 Å². The minimum Gasteiger partial charge on any atom is -0.492 e. The molecule has 3 N–H and O–H groups in total. The van der Waals surface area contributed by atoms with Crippen LogP contribution in [0.4, 0.5) is 11.4 Å². The summed E-state index contributed by atoms with van der Waals surface area (Å²) in [7, 11) is 2.12. The fourth-order valence-electron chi connectivity index (χ4n) is 1.60. The molecule has 0 spiro atoms. The molecule has 1 aromatic carbocycles. The minimum absolute atomic E-state index is 0.555. The number of hydrogen-bond acceptors (Lipinski definition) is 4. The first-order valence-corrected chi connectivity index (χ1v) is 6.51. The largest absolute Gasteiger partial charge is 0.492 e. The summed E-state index contributed by atoms with van der Waals surface area (Å²) in [4.78, 5) is 2.29. The Morgan fingerprint density at radius 2 is 2.11 bits per heavy atom. The van der Waals surface area contributed by atoms with Gasteiger partial charge in [-0.05, 0) is 40.0 Å². The molecule has 0 atom stereocenters. The highest BCUT2D eigenvalue weighted by Crippen LogP contribution is 2.29. The summed E-state index contributed by atoms with van der Waals surface area (Å²) < 4.78 is 5.47. The first kappa shape index (κ1) is 14.6. The monoisotopic (exact) mass is 251 g/mol. The minimum atomic E-state index is 0.555. The van der Waals surface area contributed by atoms with E-state index in [1.165, 1.54) is 0 Å². The first-order chi connectivity index (χ1) is 8.56. The van der Waals surface area contributed by atoms with E-state index in [0.29, 0.717) is 18.3 Å². The molecule has 0 bridgehead atoms. The van der Waals surface area contributed by atoms with Crippen LogP contribution >= 0.6 is 0 Å². The lowest BCUT2D eigenvalue weighted by Gasteiger charge is -2.21. The highest BCUT2D eigenvalue weighted by Gasteiger charge is 2.06. The average molecular weight is 251 g/mol. The van der Waals surface area contributed by atoms with Crippen LogP contribution in [0.3, 0.4) is 0 Å². The SMILES string of the molecule is CCOc1cccc(NCCN(C)C(C)C)c1N. The fraction of sp³-hybridized carbons (Fsp3) is 0.571. The summed E-state index contributed by atoms with van der Waals surface area (Å²) in [5.41, 5.74) is 7.67. The van der Waals surface area contributed by atoms with Crippen LogP contribution < -0.4 is 15.8 Å². The standard InChI is InChI=1S/C14H25N3O/c1-5-18-13-8-6-7-12(14(13)15)16-9-10-17(4)11(2)3/h6-8,11,16H,5,9-10,15H2,1-4H3. The third-order valence-corrected chi connectivity index (χ3v) is 3.03. The second-order valence-electron chi connectivity index (χ2n) is 4.65. The van der Waals surface area contributed by atoms with E-state index in [1.807, 2.05) is 25.1 Å². The van der Waals surface area contributed by atoms with Gasteiger partial charge in [-0.1, -0.05) is 6.07 Å². The van der Waals surface area contributed by atoms with Crippen molar-refractivity contribution in [2.24, 2.45) is 0 Å². The third-order valence-electron chi connectivity index (χ3n) is 3.03. The van der Waals surface area contributed by atoms with Gasteiger partial charge >= 0.3 is 0 Å². The Hall–Kier alpha value is -1.42. The molecule has 0 aromatic heterocycles. The van der Waals surface area contributed by atoms with Crippen LogP contribution in [0.1, 0.15) is 20.8 Å². The summed E-state index contributed by atoms with van der Waals surface area (Å²) in [5, 5.41) is 3.35. The zero-order valence-electron chi connectivity index (χ0n) is 11.9. The molecule has 1 aromatic rings. The number of hydrogen-bond donors (Lipinski definition) is 2. The number of ether oxygens (including phenoxy) is 1. The van der Waals surface area contributed by atoms with Gasteiger partial charge in [0, 0.05) is 19.1 Å². The quantitative estimate of drug-likeness (QED) is 0.731. The molecule has 0 saturated heterocycles. The predicted molar refractivity (Wildman–Crippen MR) is 78.3 cm³/mol. The van der Waals surface area contributed by atoms with Gasteiger partial charge < -0.3 is 20.7 Å². The van der Waals surface area contributed by atoms with E-state index in [0.717, 1.165) is 24.5 Å². The van der Waals surface area contributed by atoms with Gasteiger partial charge in [0.25, 0.3) is 0 Å². The molecule has 0 aliphatic heterocycles. The lowest BCUT2D eigenvalue weighted by molar-refractivity contribution is 0.284. The maximum Gasteiger partial charge on any atom is 0.144 e. The van der Waals surface area contributed by atoms with Crippen LogP contribution in [0.15, 0.2) is 18.2 Å². The van der Waals surface area contributed by atoms with Crippen LogP contribution in [0, 0.1) is 0 Å². The second-order valence-corrected chi connectivity index (χ2v) is 4.65. The number of likely N-dealkylation sites (N-methyl/N-ethyl adjacent to an activating group) is 1. The van der Waals surface area contributed by atoms with Crippen molar-refractivity contribution in [3.05, 3.63) is 18.2 Å². The molecule has 102 valence electrons. The van der Waals surface area contributed by atoms with Crippen LogP contribution in [0.2, 0.25) is 0 Å². The molecule has 18 heavy (non-hydrogen) atoms. The Labute approximate surface area is 110 Å². The molecule has 1 rings (SSSR count). The number of rotatable bonds is 7. The summed E-state index contributed by atoms with van der Waals surface area (Å²) in [6.07, 6.45) is 0. The molecule has 0 amide bonds. The average Bonchev–Trinajstić information content (AvgIpc) is 2.33. The Morgan fingerprint density at radius 1 is 1.39 bits per heavy atom. The summed E-state index contributed by atoms with van der Waals surface area (Å²) in [6.45, 7) is 8.81. The smallest absolute Gasteiger partial charge is 0.144 e. The topological polar surface area (TPSA) is 50.5 Å². The van der Waals surface area contributed by atoms with Crippen LogP contribution in [0.5, 0.6) is 5.75 Å². The molecular formula is C14H25N3O. The van der Waals surface area contributed by atoms with Gasteiger partial charge in [0.2, 0.25) is 0 Å². The highest BCUT2D eigenvalue weighted by molar-refractivity contribution is 5.72. The van der Waals surface area contributed by atoms with Crippen LogP contribution in [-0.4, -0.2) is 37.7 Å². The molecule has 0 radical (unpaired) electrons. The summed E-state index contributed by atoms with van der Waals surface area (Å²) in [5.74, 6) is 0.750. The number of nitrogens with two attached hydrogens (primary N) is 1. The van der Waals surface area contributed by atoms with Crippen molar-refractivity contribution in [1.82, 2.24) is 4.90 Å². The Balaban J connectivity index is 2.54. The van der Waals surface area contributed by atoms with E-state index in [-0.39, 0.29) is 0 Å². The van der Waals surface area contributed by atoms with Gasteiger partial charge in [0.1, 0.15) is 5.75 Å². The van der Waals surface area contributed by atoms with E-state index >= 15 is 0 Å². The Bertz CT molecular complexity index is 366. The number of nitrogens with zero attached hydrogens (tertiary/aromatic N) is 1. The van der Waals surface area contributed by atoms with Crippen molar-refractivity contribution >= 4 is 11.4 Å². The second kappa shape index (κ2) is 7.11. The van der Waals surface area contributed by atoms with E-state index in [2.05, 4.69) is 31.1 Å². The zero-order chi connectivity index (χ0) is 13.5. The molecule has 0 aliphatic carbocycles. The molecule has 0 heterocycles. The Kier molecular flexibility index (Phi) is 5.78. The zero-order valence-corrected chi connectivity index (χ0v) is 11.9. The maximum absolute atomic E-state index is 6.04. The van der Waals surface area contributed by atoms with Crippen molar-refractivity contribution in [3.8, 4) is 5.75 Å². The molecule has 4 nitrogen and oxygen atoms in total. The van der Waals surface area contributed by atoms with Gasteiger partial charge in [0.05, 0.1) is 18.0 Å². The lowest BCUT2D eigenvalue weighted by atomic mass is 10.2. The van der Waals surface area contributed by atoms with E-state index in [1.54, 1.807) is 0 Å². The normalized spacial score (nSPS) is 11.0. The lowest BCUT2D eigenvalue weighted by Crippen LogP contribution is -2.31. The maximum atomic E-state index is 6.04. The molecule has 0 saturated carbocycles. The van der Waals surface area contributed by atoms with Crippen molar-refractivity contribution in [3.63, 3.8) is 0 Å². The number of anilines is 2. The number of nitrogens with one attached hydrogen (secondary N) is 1. The van der Waals surface area contributed by atoms with Crippen molar-refractivity contribution in [2.45, 2.75) is 26.8 Å². The van der Waals surface area contributed by atoms with Gasteiger partial charge in [-0.25, -0.2) is 0 Å². The van der Waals surface area contributed by atoms with Crippen molar-refractivity contribution in [2.75, 3.05) is 37.8 Å². The van der Waals surface area contributed by atoms with E-state index < -0.39 is 0 Å². The molecule has 0 fully saturated rings. The van der Waals surface area contributed by atoms with Crippen LogP contribution in [-0.2, 0) is 0 Å². The van der Waals surface area contributed by atoms with Crippen LogP contribution in [0.25, 0.3) is 0 Å². The third kappa shape index (κ3) is 4.11. The predicted octanol–water partition coefficient (Wildman–Crippen LogP) is 2.42. The summed E-state index contributed by atoms with van der Waals surface area (Å²) in [6, 6.07) is 6.38. The first-order valence-electron chi connectivity index (χ1n) is 6.51. The molecule has 0 aliphatic rings. The van der Waals surface area contributed by atoms with Crippen molar-refractivity contribution < 1.29 is 4.74 Å². The van der Waals surface area contributed by atoms with Gasteiger partial charge in [-0.15, -0.1) is 0 Å². The molecular weight excluding hydrogens is 226 g/mol. The Morgan fingerprint density at radius 3 is 2.72 bits per heavy atom. The van der Waals surface area contributed by atoms with Gasteiger partial charge in [-0.2, -0.15) is 0 Å². The number of nitrogen functional groups attached to an aromatic ring is 1. The van der Waals surface area contributed by atoms with E-state index in [9.17, 15) is 0 Å². The van der Waals surface area contributed by atoms with Gasteiger partial charge in [0.15, 0.2) is 0 Å². The fourth-order valence-corrected chi connectivity index (χ4v) is 1.60. The molecule has 4 heteroatoms. The molecule has 0 unspecified atom stereocenters. The highest BCUT2D eigenvalue weighted by atomic mass is 16.5. The number of benzene rings is 1. The van der Waals surface area contributed by atoms with E-state index in [4.69, 9.17) is 10.5 Å². The van der Waals surface area contributed by atoms with Gasteiger partial charge in [-0.3, -0.25) is 0 Å². The summed E-state index contributed by atoms with van der Waals surface area (Å²) >= 11 is 0.